The fraction of sp³-hybridized carbons (Fsp3) is 0.391. The van der Waals surface area contributed by atoms with Crippen molar-refractivity contribution in [2.75, 3.05) is 5.32 Å². The number of ketones is 2. The van der Waals surface area contributed by atoms with Crippen molar-refractivity contribution in [2.45, 2.75) is 52.0 Å². The molecule has 0 radical (unpaired) electrons. The van der Waals surface area contributed by atoms with Gasteiger partial charge in [0.05, 0.1) is 4.88 Å². The van der Waals surface area contributed by atoms with E-state index in [-0.39, 0.29) is 55.0 Å². The van der Waals surface area contributed by atoms with Crippen molar-refractivity contribution in [3.8, 4) is 0 Å². The molecule has 0 bridgehead atoms. The molecule has 3 rings (SSSR count). The van der Waals surface area contributed by atoms with Gasteiger partial charge in [-0.2, -0.15) is 0 Å². The van der Waals surface area contributed by atoms with Gasteiger partial charge in [0.1, 0.15) is 5.78 Å². The summed E-state index contributed by atoms with van der Waals surface area (Å²) in [6.45, 7) is 2.27. The lowest BCUT2D eigenvalue weighted by Crippen LogP contribution is -2.23. The highest BCUT2D eigenvalue weighted by Gasteiger charge is 2.29. The summed E-state index contributed by atoms with van der Waals surface area (Å²) in [5.74, 6) is -0.148. The maximum Gasteiger partial charge on any atom is 0.227 e. The maximum atomic E-state index is 12.0. The lowest BCUT2D eigenvalue weighted by atomic mass is 10.1. The molecule has 1 aliphatic carbocycles. The summed E-state index contributed by atoms with van der Waals surface area (Å²) in [5, 5.41) is 5.68. The molecular formula is C23H26N2O4S. The van der Waals surface area contributed by atoms with Gasteiger partial charge in [0, 0.05) is 48.7 Å². The molecule has 0 unspecified atom stereocenters. The molecule has 0 aliphatic heterocycles. The van der Waals surface area contributed by atoms with Crippen LogP contribution in [0.3, 0.4) is 0 Å². The monoisotopic (exact) mass is 426 g/mol. The molecule has 1 heterocycles. The van der Waals surface area contributed by atoms with Crippen molar-refractivity contribution in [2.24, 2.45) is 5.92 Å². The Morgan fingerprint density at radius 2 is 1.77 bits per heavy atom. The Hall–Kier alpha value is -2.80. The Kier molecular flexibility index (Phi) is 7.52. The first-order chi connectivity index (χ1) is 14.4. The second-order valence-electron chi connectivity index (χ2n) is 7.61. The number of carbonyl (C=O) groups excluding carboxylic acids is 4. The second kappa shape index (κ2) is 10.3. The van der Waals surface area contributed by atoms with Gasteiger partial charge < -0.3 is 10.6 Å². The number of aryl methyl sites for hydroxylation is 1. The van der Waals surface area contributed by atoms with Crippen LogP contribution in [-0.2, 0) is 20.9 Å². The van der Waals surface area contributed by atoms with Crippen LogP contribution in [0.5, 0.6) is 0 Å². The van der Waals surface area contributed by atoms with Crippen LogP contribution in [0.25, 0.3) is 0 Å². The third-order valence-electron chi connectivity index (χ3n) is 4.91. The minimum Gasteiger partial charge on any atom is -0.352 e. The van der Waals surface area contributed by atoms with E-state index in [1.54, 1.807) is 6.07 Å². The third-order valence-corrected chi connectivity index (χ3v) is 5.95. The zero-order valence-corrected chi connectivity index (χ0v) is 17.8. The predicted octanol–water partition coefficient (Wildman–Crippen LogP) is 4.03. The average Bonchev–Trinajstić information content (AvgIpc) is 3.50. The number of carbonyl (C=O) groups is 4. The Labute approximate surface area is 180 Å². The van der Waals surface area contributed by atoms with E-state index in [4.69, 9.17) is 0 Å². The van der Waals surface area contributed by atoms with Gasteiger partial charge in [-0.3, -0.25) is 19.2 Å². The molecule has 6 nitrogen and oxygen atoms in total. The molecule has 1 saturated carbocycles. The summed E-state index contributed by atoms with van der Waals surface area (Å²) >= 11 is 1.43. The van der Waals surface area contributed by atoms with Crippen LogP contribution in [0.15, 0.2) is 36.4 Å². The van der Waals surface area contributed by atoms with E-state index < -0.39 is 0 Å². The number of thiophene rings is 1. The van der Waals surface area contributed by atoms with Crippen LogP contribution in [0.1, 0.15) is 58.6 Å². The van der Waals surface area contributed by atoms with Crippen molar-refractivity contribution in [3.63, 3.8) is 0 Å². The minimum atomic E-state index is -0.212. The quantitative estimate of drug-likeness (QED) is 0.531. The van der Waals surface area contributed by atoms with Crippen LogP contribution in [-0.4, -0.2) is 23.4 Å². The Morgan fingerprint density at radius 3 is 2.47 bits per heavy atom. The van der Waals surface area contributed by atoms with Gasteiger partial charge in [-0.15, -0.1) is 11.3 Å². The molecule has 0 atom stereocenters. The highest BCUT2D eigenvalue weighted by atomic mass is 32.1. The minimum absolute atomic E-state index is 0.0282. The molecule has 0 spiro atoms. The first kappa shape index (κ1) is 21.9. The molecule has 158 valence electrons. The van der Waals surface area contributed by atoms with Crippen LogP contribution in [0.2, 0.25) is 0 Å². The smallest absolute Gasteiger partial charge is 0.227 e. The topological polar surface area (TPSA) is 92.3 Å². The van der Waals surface area contributed by atoms with E-state index in [1.807, 2.05) is 37.3 Å². The zero-order chi connectivity index (χ0) is 21.5. The molecule has 1 aromatic heterocycles. The van der Waals surface area contributed by atoms with Crippen molar-refractivity contribution in [1.82, 2.24) is 5.32 Å². The van der Waals surface area contributed by atoms with Gasteiger partial charge in [-0.25, -0.2) is 0 Å². The largest absolute Gasteiger partial charge is 0.352 e. The average molecular weight is 427 g/mol. The summed E-state index contributed by atoms with van der Waals surface area (Å²) in [6, 6.07) is 11.0. The van der Waals surface area contributed by atoms with E-state index in [0.717, 1.165) is 29.0 Å². The number of anilines is 1. The highest BCUT2D eigenvalue weighted by molar-refractivity contribution is 7.14. The van der Waals surface area contributed by atoms with Crippen LogP contribution in [0.4, 0.5) is 5.69 Å². The maximum absolute atomic E-state index is 12.0. The summed E-state index contributed by atoms with van der Waals surface area (Å²) in [4.78, 5) is 49.7. The summed E-state index contributed by atoms with van der Waals surface area (Å²) in [6.07, 6.45) is 2.46. The number of hydrogen-bond acceptors (Lipinski definition) is 5. The Morgan fingerprint density at radius 1 is 1.00 bits per heavy atom. The number of rotatable bonds is 11. The van der Waals surface area contributed by atoms with E-state index in [1.165, 1.54) is 11.3 Å². The van der Waals surface area contributed by atoms with Crippen molar-refractivity contribution < 1.29 is 19.2 Å². The van der Waals surface area contributed by atoms with E-state index >= 15 is 0 Å². The molecule has 30 heavy (non-hydrogen) atoms. The molecule has 2 N–H and O–H groups in total. The molecule has 2 amide bonds. The van der Waals surface area contributed by atoms with Crippen LogP contribution < -0.4 is 10.6 Å². The Bertz CT molecular complexity index is 946. The second-order valence-corrected chi connectivity index (χ2v) is 8.90. The van der Waals surface area contributed by atoms with Crippen molar-refractivity contribution in [1.29, 1.82) is 0 Å². The molecule has 1 fully saturated rings. The number of nitrogens with one attached hydrogen (secondary N) is 2. The third kappa shape index (κ3) is 6.91. The molecule has 7 heteroatoms. The number of Topliss-reactive ketones (excluding diaryl/α,β-unsaturated/α-hetero) is 2. The van der Waals surface area contributed by atoms with Gasteiger partial charge in [0.2, 0.25) is 11.8 Å². The number of benzene rings is 1. The van der Waals surface area contributed by atoms with Gasteiger partial charge in [-0.1, -0.05) is 12.1 Å². The molecular weight excluding hydrogens is 400 g/mol. The molecule has 0 saturated heterocycles. The predicted molar refractivity (Wildman–Crippen MR) is 117 cm³/mol. The lowest BCUT2D eigenvalue weighted by Gasteiger charge is -2.08. The number of hydrogen-bond donors (Lipinski definition) is 2. The Balaban J connectivity index is 1.34. The van der Waals surface area contributed by atoms with Crippen LogP contribution in [0, 0.1) is 12.8 Å². The van der Waals surface area contributed by atoms with Gasteiger partial charge in [-0.05, 0) is 49.6 Å². The fourth-order valence-corrected chi connectivity index (χ4v) is 3.81. The summed E-state index contributed by atoms with van der Waals surface area (Å²) < 4.78 is 0. The van der Waals surface area contributed by atoms with E-state index in [0.29, 0.717) is 11.4 Å². The SMILES string of the molecule is Cc1ccc(C(=O)CCC(=O)CCC(=O)NCc2cccc(NC(=O)C3CC3)c2)s1. The highest BCUT2D eigenvalue weighted by Crippen LogP contribution is 2.30. The molecule has 2 aromatic rings. The normalized spacial score (nSPS) is 13.0. The van der Waals surface area contributed by atoms with Gasteiger partial charge in [0.15, 0.2) is 5.78 Å². The van der Waals surface area contributed by atoms with Crippen LogP contribution >= 0.6 is 11.3 Å². The lowest BCUT2D eigenvalue weighted by molar-refractivity contribution is -0.125. The fourth-order valence-electron chi connectivity index (χ4n) is 2.98. The van der Waals surface area contributed by atoms with Gasteiger partial charge >= 0.3 is 0 Å². The summed E-state index contributed by atoms with van der Waals surface area (Å²) in [5.41, 5.74) is 1.60. The molecule has 1 aliphatic rings. The van der Waals surface area contributed by atoms with Crippen molar-refractivity contribution in [3.05, 3.63) is 51.7 Å². The number of amides is 2. The first-order valence-electron chi connectivity index (χ1n) is 10.2. The first-order valence-corrected chi connectivity index (χ1v) is 11.0. The zero-order valence-electron chi connectivity index (χ0n) is 17.0. The van der Waals surface area contributed by atoms with E-state index in [9.17, 15) is 19.2 Å². The summed E-state index contributed by atoms with van der Waals surface area (Å²) in [7, 11) is 0. The molecule has 1 aromatic carbocycles. The standard InChI is InChI=1S/C23H26N2O4S/c1-15-5-11-21(30-15)20(27)10-8-19(26)9-12-22(28)24-14-16-3-2-4-18(13-16)25-23(29)17-6-7-17/h2-5,11,13,17H,6-10,12,14H2,1H3,(H,24,28)(H,25,29). The van der Waals surface area contributed by atoms with Crippen molar-refractivity contribution >= 4 is 40.4 Å². The van der Waals surface area contributed by atoms with Gasteiger partial charge in [0.25, 0.3) is 0 Å². The van der Waals surface area contributed by atoms with E-state index in [2.05, 4.69) is 10.6 Å².